The van der Waals surface area contributed by atoms with Crippen LogP contribution < -0.4 is 5.32 Å². The molecule has 0 saturated carbocycles. The van der Waals surface area contributed by atoms with E-state index in [1.165, 1.54) is 23.1 Å². The summed E-state index contributed by atoms with van der Waals surface area (Å²) in [7, 11) is 0. The van der Waals surface area contributed by atoms with Crippen LogP contribution in [0.5, 0.6) is 0 Å². The van der Waals surface area contributed by atoms with E-state index in [4.69, 9.17) is 0 Å². The van der Waals surface area contributed by atoms with Gasteiger partial charge < -0.3 is 5.32 Å². The number of hydrogen-bond acceptors (Lipinski definition) is 2. The zero-order chi connectivity index (χ0) is 13.8. The predicted molar refractivity (Wildman–Crippen MR) is 80.9 cm³/mol. The number of ketones is 1. The van der Waals surface area contributed by atoms with Crippen LogP contribution in [0.25, 0.3) is 0 Å². The number of nitrogens with one attached hydrogen (secondary N) is 1. The molecule has 0 spiro atoms. The van der Waals surface area contributed by atoms with Gasteiger partial charge in [0.05, 0.1) is 0 Å². The molecule has 2 aromatic rings. The van der Waals surface area contributed by atoms with Crippen molar-refractivity contribution in [3.63, 3.8) is 0 Å². The van der Waals surface area contributed by atoms with Crippen LogP contribution in [0.4, 0.5) is 0 Å². The molecule has 0 fully saturated rings. The minimum absolute atomic E-state index is 0.301. The summed E-state index contributed by atoms with van der Waals surface area (Å²) in [4.78, 5) is 11.1. The summed E-state index contributed by atoms with van der Waals surface area (Å²) in [5, 5.41) is 3.34. The molecule has 1 N–H and O–H groups in total. The van der Waals surface area contributed by atoms with Crippen LogP contribution in [0.2, 0.25) is 0 Å². The molecule has 20 heavy (non-hydrogen) atoms. The molecule has 2 aliphatic rings. The molecule has 0 radical (unpaired) electrons. The van der Waals surface area contributed by atoms with Crippen molar-refractivity contribution >= 4 is 5.78 Å². The third-order valence-electron chi connectivity index (χ3n) is 3.94. The monoisotopic (exact) mass is 265 g/mol. The van der Waals surface area contributed by atoms with E-state index in [1.807, 2.05) is 24.3 Å². The summed E-state index contributed by atoms with van der Waals surface area (Å²) >= 11 is 0. The second-order valence-electron chi connectivity index (χ2n) is 5.28. The Morgan fingerprint density at radius 3 is 2.20 bits per heavy atom. The number of aryl methyl sites for hydroxylation is 1. The van der Waals surface area contributed by atoms with Crippen molar-refractivity contribution in [3.8, 4) is 0 Å². The SMILES string of the molecule is O=C1CCc2ccccc21.c1ccc2c(c1)CCNC2. The summed E-state index contributed by atoms with van der Waals surface area (Å²) in [6, 6.07) is 16.5. The van der Waals surface area contributed by atoms with Gasteiger partial charge in [-0.2, -0.15) is 0 Å². The van der Waals surface area contributed by atoms with Crippen molar-refractivity contribution < 1.29 is 4.79 Å². The van der Waals surface area contributed by atoms with Gasteiger partial charge in [0.2, 0.25) is 0 Å². The first-order valence-corrected chi connectivity index (χ1v) is 7.23. The van der Waals surface area contributed by atoms with Gasteiger partial charge in [-0.3, -0.25) is 4.79 Å². The Labute approximate surface area is 119 Å². The number of Topliss-reactive ketones (excluding diaryl/α,β-unsaturated/α-hetero) is 1. The Bertz CT molecular complexity index is 593. The van der Waals surface area contributed by atoms with E-state index < -0.39 is 0 Å². The van der Waals surface area contributed by atoms with Crippen LogP contribution >= 0.6 is 0 Å². The maximum absolute atomic E-state index is 11.1. The van der Waals surface area contributed by atoms with E-state index in [0.29, 0.717) is 12.2 Å². The molecule has 1 heterocycles. The molecule has 0 unspecified atom stereocenters. The van der Waals surface area contributed by atoms with Crippen molar-refractivity contribution in [1.29, 1.82) is 0 Å². The Hall–Kier alpha value is -1.93. The van der Waals surface area contributed by atoms with E-state index in [9.17, 15) is 4.79 Å². The summed E-state index contributed by atoms with van der Waals surface area (Å²) in [5.41, 5.74) is 5.13. The lowest BCUT2D eigenvalue weighted by Gasteiger charge is -2.15. The number of fused-ring (bicyclic) bond motifs is 2. The molecule has 102 valence electrons. The molecule has 0 saturated heterocycles. The van der Waals surface area contributed by atoms with Gasteiger partial charge >= 0.3 is 0 Å². The Morgan fingerprint density at radius 2 is 1.45 bits per heavy atom. The van der Waals surface area contributed by atoms with Crippen molar-refractivity contribution in [2.45, 2.75) is 25.8 Å². The van der Waals surface area contributed by atoms with Gasteiger partial charge in [-0.15, -0.1) is 0 Å². The van der Waals surface area contributed by atoms with Gasteiger partial charge in [0.15, 0.2) is 5.78 Å². The molecule has 1 aliphatic carbocycles. The molecule has 2 aromatic carbocycles. The number of rotatable bonds is 0. The summed E-state index contributed by atoms with van der Waals surface area (Å²) < 4.78 is 0. The zero-order valence-electron chi connectivity index (χ0n) is 11.6. The molecule has 4 rings (SSSR count). The summed E-state index contributed by atoms with van der Waals surface area (Å²) in [6.07, 6.45) is 2.84. The van der Waals surface area contributed by atoms with Crippen LogP contribution in [0.1, 0.15) is 33.5 Å². The van der Waals surface area contributed by atoms with Crippen molar-refractivity contribution in [2.75, 3.05) is 6.54 Å². The Kier molecular flexibility index (Phi) is 3.93. The highest BCUT2D eigenvalue weighted by Crippen LogP contribution is 2.20. The van der Waals surface area contributed by atoms with Gasteiger partial charge in [0, 0.05) is 18.5 Å². The lowest BCUT2D eigenvalue weighted by Crippen LogP contribution is -2.23. The fourth-order valence-corrected chi connectivity index (χ4v) is 2.81. The van der Waals surface area contributed by atoms with E-state index >= 15 is 0 Å². The van der Waals surface area contributed by atoms with Crippen molar-refractivity contribution in [1.82, 2.24) is 5.32 Å². The second kappa shape index (κ2) is 6.02. The first-order valence-electron chi connectivity index (χ1n) is 7.23. The number of carbonyl (C=O) groups is 1. The highest BCUT2D eigenvalue weighted by Gasteiger charge is 2.17. The summed E-state index contributed by atoms with van der Waals surface area (Å²) in [5.74, 6) is 0.301. The van der Waals surface area contributed by atoms with Crippen molar-refractivity contribution in [2.24, 2.45) is 0 Å². The lowest BCUT2D eigenvalue weighted by atomic mass is 10.0. The van der Waals surface area contributed by atoms with E-state index in [1.54, 1.807) is 0 Å². The zero-order valence-corrected chi connectivity index (χ0v) is 11.6. The third kappa shape index (κ3) is 2.81. The molecular weight excluding hydrogens is 246 g/mol. The highest BCUT2D eigenvalue weighted by molar-refractivity contribution is 6.00. The topological polar surface area (TPSA) is 29.1 Å². The third-order valence-corrected chi connectivity index (χ3v) is 3.94. The number of benzene rings is 2. The number of hydrogen-bond donors (Lipinski definition) is 1. The molecule has 2 heteroatoms. The van der Waals surface area contributed by atoms with Crippen LogP contribution in [-0.4, -0.2) is 12.3 Å². The fourth-order valence-electron chi connectivity index (χ4n) is 2.81. The quantitative estimate of drug-likeness (QED) is 0.793. The molecule has 0 atom stereocenters. The van der Waals surface area contributed by atoms with Crippen LogP contribution in [0.3, 0.4) is 0 Å². The van der Waals surface area contributed by atoms with Crippen LogP contribution in [0.15, 0.2) is 48.5 Å². The molecule has 1 aliphatic heterocycles. The average Bonchev–Trinajstić information content (AvgIpc) is 2.90. The predicted octanol–water partition coefficient (Wildman–Crippen LogP) is 3.15. The molecule has 2 nitrogen and oxygen atoms in total. The van der Waals surface area contributed by atoms with E-state index in [2.05, 4.69) is 29.6 Å². The summed E-state index contributed by atoms with van der Waals surface area (Å²) in [6.45, 7) is 2.19. The first-order chi connectivity index (χ1) is 9.84. The van der Waals surface area contributed by atoms with Crippen molar-refractivity contribution in [3.05, 3.63) is 70.8 Å². The van der Waals surface area contributed by atoms with Gasteiger partial charge in [-0.05, 0) is 36.1 Å². The van der Waals surface area contributed by atoms with Gasteiger partial charge in [-0.1, -0.05) is 48.5 Å². The van der Waals surface area contributed by atoms with Gasteiger partial charge in [0.25, 0.3) is 0 Å². The average molecular weight is 265 g/mol. The van der Waals surface area contributed by atoms with E-state index in [0.717, 1.165) is 25.1 Å². The first kappa shape index (κ1) is 13.1. The molecule has 0 amide bonds. The van der Waals surface area contributed by atoms with Gasteiger partial charge in [0.1, 0.15) is 0 Å². The Morgan fingerprint density at radius 1 is 0.750 bits per heavy atom. The van der Waals surface area contributed by atoms with Crippen LogP contribution in [0, 0.1) is 0 Å². The van der Waals surface area contributed by atoms with E-state index in [-0.39, 0.29) is 0 Å². The largest absolute Gasteiger partial charge is 0.312 e. The van der Waals surface area contributed by atoms with Crippen LogP contribution in [-0.2, 0) is 19.4 Å². The lowest BCUT2D eigenvalue weighted by molar-refractivity contribution is 0.0994. The molecule has 0 bridgehead atoms. The fraction of sp³-hybridized carbons (Fsp3) is 0.278. The minimum atomic E-state index is 0.301. The highest BCUT2D eigenvalue weighted by atomic mass is 16.1. The smallest absolute Gasteiger partial charge is 0.163 e. The minimum Gasteiger partial charge on any atom is -0.312 e. The number of carbonyl (C=O) groups excluding carboxylic acids is 1. The maximum atomic E-state index is 11.1. The van der Waals surface area contributed by atoms with Gasteiger partial charge in [-0.25, -0.2) is 0 Å². The molecular formula is C18H19NO. The normalized spacial score (nSPS) is 15.9. The Balaban J connectivity index is 0.000000121. The standard InChI is InChI=1S/C9H11N.C9H8O/c1-2-4-9-7-10-6-5-8(9)3-1;10-9-6-5-7-3-1-2-4-8(7)9/h1-4,10H,5-7H2;1-4H,5-6H2. The maximum Gasteiger partial charge on any atom is 0.163 e. The second-order valence-corrected chi connectivity index (χ2v) is 5.28. The molecule has 0 aromatic heterocycles.